The molecule has 27 heavy (non-hydrogen) atoms. The van der Waals surface area contributed by atoms with Gasteiger partial charge in [0.1, 0.15) is 17.8 Å². The molecule has 2 heterocycles. The minimum absolute atomic E-state index is 0.0640. The van der Waals surface area contributed by atoms with Crippen molar-refractivity contribution >= 4 is 11.8 Å². The molecule has 1 saturated heterocycles. The summed E-state index contributed by atoms with van der Waals surface area (Å²) < 4.78 is 1.56. The smallest absolute Gasteiger partial charge is 0.248 e. The summed E-state index contributed by atoms with van der Waals surface area (Å²) in [5.41, 5.74) is 1.59. The van der Waals surface area contributed by atoms with Gasteiger partial charge in [-0.2, -0.15) is 0 Å². The molecule has 0 saturated carbocycles. The first-order valence-corrected chi connectivity index (χ1v) is 9.09. The Balaban J connectivity index is 1.88. The van der Waals surface area contributed by atoms with Crippen molar-refractivity contribution in [1.29, 1.82) is 0 Å². The van der Waals surface area contributed by atoms with E-state index in [2.05, 4.69) is 15.6 Å². The maximum Gasteiger partial charge on any atom is 0.248 e. The Bertz CT molecular complexity index is 805. The first-order valence-electron chi connectivity index (χ1n) is 9.09. The van der Waals surface area contributed by atoms with E-state index in [0.29, 0.717) is 5.69 Å². The van der Waals surface area contributed by atoms with E-state index in [9.17, 15) is 14.7 Å². The molecule has 0 radical (unpaired) electrons. The maximum atomic E-state index is 13.3. The van der Waals surface area contributed by atoms with Crippen LogP contribution in [0, 0.1) is 5.92 Å². The Kier molecular flexibility index (Phi) is 5.55. The van der Waals surface area contributed by atoms with Crippen molar-refractivity contribution in [3.05, 3.63) is 36.5 Å². The van der Waals surface area contributed by atoms with Crippen molar-refractivity contribution in [1.82, 2.24) is 25.2 Å². The standard InChI is InChI=1S/C19H25N5O3/c1-12(2)17(19(27)23-10-14(25)9-16(23)18(26)20-3)24-11-15(21-22-24)13-7-5-4-6-8-13/h4-8,11-12,14,16-17,25H,9-10H2,1-3H3,(H,20,26)/t14-,16+,17?/m1/s1. The van der Waals surface area contributed by atoms with E-state index in [1.54, 1.807) is 10.9 Å². The molecule has 8 heteroatoms. The number of nitrogens with one attached hydrogen (secondary N) is 1. The Labute approximate surface area is 158 Å². The molecule has 8 nitrogen and oxygen atoms in total. The predicted molar refractivity (Wildman–Crippen MR) is 99.5 cm³/mol. The molecule has 0 aliphatic carbocycles. The maximum absolute atomic E-state index is 13.3. The van der Waals surface area contributed by atoms with Gasteiger partial charge in [-0.15, -0.1) is 5.10 Å². The molecule has 2 amide bonds. The van der Waals surface area contributed by atoms with Gasteiger partial charge in [-0.05, 0) is 5.92 Å². The average molecular weight is 371 g/mol. The number of rotatable bonds is 5. The number of carbonyl (C=O) groups is 2. The number of carbonyl (C=O) groups excluding carboxylic acids is 2. The van der Waals surface area contributed by atoms with Crippen LogP contribution in [0.3, 0.4) is 0 Å². The van der Waals surface area contributed by atoms with Crippen molar-refractivity contribution in [2.24, 2.45) is 5.92 Å². The molecular formula is C19H25N5O3. The molecule has 2 N–H and O–H groups in total. The summed E-state index contributed by atoms with van der Waals surface area (Å²) in [4.78, 5) is 26.9. The van der Waals surface area contributed by atoms with Crippen LogP contribution in [0.25, 0.3) is 11.3 Å². The van der Waals surface area contributed by atoms with E-state index in [1.807, 2.05) is 44.2 Å². The molecule has 0 spiro atoms. The second kappa shape index (κ2) is 7.87. The summed E-state index contributed by atoms with van der Waals surface area (Å²) in [7, 11) is 1.53. The highest BCUT2D eigenvalue weighted by Gasteiger charge is 2.42. The fourth-order valence-corrected chi connectivity index (χ4v) is 3.50. The van der Waals surface area contributed by atoms with Crippen molar-refractivity contribution in [2.75, 3.05) is 13.6 Å². The third kappa shape index (κ3) is 3.85. The first kappa shape index (κ1) is 19.0. The average Bonchev–Trinajstić information content (AvgIpc) is 3.28. The van der Waals surface area contributed by atoms with Gasteiger partial charge < -0.3 is 15.3 Å². The zero-order chi connectivity index (χ0) is 19.6. The highest BCUT2D eigenvalue weighted by atomic mass is 16.3. The number of aromatic nitrogens is 3. The zero-order valence-electron chi connectivity index (χ0n) is 15.7. The van der Waals surface area contributed by atoms with Crippen LogP contribution in [0.4, 0.5) is 0 Å². The monoisotopic (exact) mass is 371 g/mol. The van der Waals surface area contributed by atoms with Crippen LogP contribution in [0.2, 0.25) is 0 Å². The second-order valence-electron chi connectivity index (χ2n) is 7.15. The molecule has 2 aromatic rings. The largest absolute Gasteiger partial charge is 0.391 e. The number of benzene rings is 1. The molecule has 1 aromatic carbocycles. The number of nitrogens with zero attached hydrogens (tertiary/aromatic N) is 4. The van der Waals surface area contributed by atoms with E-state index in [1.165, 1.54) is 11.9 Å². The van der Waals surface area contributed by atoms with E-state index in [4.69, 9.17) is 0 Å². The lowest BCUT2D eigenvalue weighted by molar-refractivity contribution is -0.142. The van der Waals surface area contributed by atoms with E-state index in [-0.39, 0.29) is 30.7 Å². The summed E-state index contributed by atoms with van der Waals surface area (Å²) in [5.74, 6) is -0.573. The minimum atomic E-state index is -0.709. The third-order valence-corrected chi connectivity index (χ3v) is 4.86. The summed E-state index contributed by atoms with van der Waals surface area (Å²) >= 11 is 0. The van der Waals surface area contributed by atoms with Crippen LogP contribution < -0.4 is 5.32 Å². The number of hydrogen-bond donors (Lipinski definition) is 2. The van der Waals surface area contributed by atoms with Gasteiger partial charge in [0.2, 0.25) is 11.8 Å². The Morgan fingerprint density at radius 1 is 1.26 bits per heavy atom. The lowest BCUT2D eigenvalue weighted by atomic mass is 10.0. The van der Waals surface area contributed by atoms with Crippen molar-refractivity contribution < 1.29 is 14.7 Å². The molecule has 1 aliphatic heterocycles. The molecule has 1 unspecified atom stereocenters. The van der Waals surface area contributed by atoms with Gasteiger partial charge >= 0.3 is 0 Å². The summed E-state index contributed by atoms with van der Waals surface area (Å²) in [5, 5.41) is 20.9. The minimum Gasteiger partial charge on any atom is -0.391 e. The van der Waals surface area contributed by atoms with E-state index in [0.717, 1.165) is 5.56 Å². The van der Waals surface area contributed by atoms with Gasteiger partial charge in [0.25, 0.3) is 0 Å². The van der Waals surface area contributed by atoms with Crippen molar-refractivity contribution in [3.63, 3.8) is 0 Å². The van der Waals surface area contributed by atoms with Crippen molar-refractivity contribution in [3.8, 4) is 11.3 Å². The molecule has 1 aliphatic rings. The zero-order valence-corrected chi connectivity index (χ0v) is 15.7. The summed E-state index contributed by atoms with van der Waals surface area (Å²) in [6.07, 6.45) is 1.28. The van der Waals surface area contributed by atoms with Gasteiger partial charge in [-0.3, -0.25) is 9.59 Å². The number of aliphatic hydroxyl groups is 1. The topological polar surface area (TPSA) is 100 Å². The number of amides is 2. The molecule has 3 atom stereocenters. The van der Waals surface area contributed by atoms with Gasteiger partial charge in [0.15, 0.2) is 0 Å². The lowest BCUT2D eigenvalue weighted by Gasteiger charge is -2.29. The highest BCUT2D eigenvalue weighted by Crippen LogP contribution is 2.27. The molecule has 1 aromatic heterocycles. The van der Waals surface area contributed by atoms with Crippen LogP contribution in [-0.4, -0.2) is 62.6 Å². The number of likely N-dealkylation sites (N-methyl/N-ethyl adjacent to an activating group) is 1. The van der Waals surface area contributed by atoms with Gasteiger partial charge in [-0.1, -0.05) is 49.4 Å². The fraction of sp³-hybridized carbons (Fsp3) is 0.474. The molecular weight excluding hydrogens is 346 g/mol. The molecule has 144 valence electrons. The second-order valence-corrected chi connectivity index (χ2v) is 7.15. The SMILES string of the molecule is CNC(=O)[C@@H]1C[C@@H](O)CN1C(=O)C(C(C)C)n1cc(-c2ccccc2)nn1. The van der Waals surface area contributed by atoms with Gasteiger partial charge in [-0.25, -0.2) is 4.68 Å². The van der Waals surface area contributed by atoms with E-state index < -0.39 is 18.2 Å². The quantitative estimate of drug-likeness (QED) is 0.812. The van der Waals surface area contributed by atoms with Crippen LogP contribution >= 0.6 is 0 Å². The number of β-amino-alcohol motifs (C(OH)–C–C–N with tert-alkyl or cyclic N) is 1. The Hall–Kier alpha value is -2.74. The summed E-state index contributed by atoms with van der Waals surface area (Å²) in [6, 6.07) is 8.34. The van der Waals surface area contributed by atoms with E-state index >= 15 is 0 Å². The fourth-order valence-electron chi connectivity index (χ4n) is 3.50. The summed E-state index contributed by atoms with van der Waals surface area (Å²) in [6.45, 7) is 3.99. The Morgan fingerprint density at radius 2 is 1.96 bits per heavy atom. The number of hydrogen-bond acceptors (Lipinski definition) is 5. The molecule has 1 fully saturated rings. The lowest BCUT2D eigenvalue weighted by Crippen LogP contribution is -2.48. The molecule has 3 rings (SSSR count). The third-order valence-electron chi connectivity index (χ3n) is 4.86. The van der Waals surface area contributed by atoms with Crippen LogP contribution in [0.1, 0.15) is 26.3 Å². The van der Waals surface area contributed by atoms with Gasteiger partial charge in [0.05, 0.1) is 12.3 Å². The van der Waals surface area contributed by atoms with Gasteiger partial charge in [0, 0.05) is 25.6 Å². The number of likely N-dealkylation sites (tertiary alicyclic amines) is 1. The van der Waals surface area contributed by atoms with Crippen LogP contribution in [0.15, 0.2) is 36.5 Å². The first-order chi connectivity index (χ1) is 12.9. The van der Waals surface area contributed by atoms with Crippen molar-refractivity contribution in [2.45, 2.75) is 38.5 Å². The predicted octanol–water partition coefficient (Wildman–Crippen LogP) is 0.850. The normalized spacial score (nSPS) is 20.7. The Morgan fingerprint density at radius 3 is 2.59 bits per heavy atom. The van der Waals surface area contributed by atoms with Crippen LogP contribution in [0.5, 0.6) is 0 Å². The molecule has 0 bridgehead atoms. The number of aliphatic hydroxyl groups excluding tert-OH is 1. The van der Waals surface area contributed by atoms with Crippen LogP contribution in [-0.2, 0) is 9.59 Å². The highest BCUT2D eigenvalue weighted by molar-refractivity contribution is 5.90.